The van der Waals surface area contributed by atoms with Crippen molar-refractivity contribution in [3.8, 4) is 22.1 Å². The minimum atomic E-state index is -0.466. The van der Waals surface area contributed by atoms with Crippen molar-refractivity contribution in [3.05, 3.63) is 77.1 Å². The van der Waals surface area contributed by atoms with E-state index in [9.17, 15) is 9.18 Å². The molecule has 8 heteroatoms. The lowest BCUT2D eigenvalue weighted by Gasteiger charge is -2.07. The number of carbonyl (C=O) groups is 1. The molecule has 0 aliphatic heterocycles. The average molecular weight is 422 g/mol. The Labute approximate surface area is 177 Å². The fraction of sp³-hybridized carbons (Fsp3) is 0.136. The number of nitrogens with one attached hydrogen (secondary N) is 1. The van der Waals surface area contributed by atoms with Crippen LogP contribution in [-0.2, 0) is 0 Å². The minimum Gasteiger partial charge on any atom is -0.494 e. The quantitative estimate of drug-likeness (QED) is 0.470. The third kappa shape index (κ3) is 4.23. The molecule has 0 aliphatic carbocycles. The summed E-state index contributed by atoms with van der Waals surface area (Å²) in [5.74, 6) is 0.391. The highest BCUT2D eigenvalue weighted by atomic mass is 32.1. The van der Waals surface area contributed by atoms with Gasteiger partial charge in [0.05, 0.1) is 18.0 Å². The van der Waals surface area contributed by atoms with Gasteiger partial charge in [-0.3, -0.25) is 4.79 Å². The van der Waals surface area contributed by atoms with Crippen molar-refractivity contribution in [2.24, 2.45) is 0 Å². The first kappa shape index (κ1) is 19.8. The van der Waals surface area contributed by atoms with Crippen molar-refractivity contribution >= 4 is 23.1 Å². The summed E-state index contributed by atoms with van der Waals surface area (Å²) < 4.78 is 20.5. The van der Waals surface area contributed by atoms with Crippen LogP contribution in [0.15, 0.2) is 60.0 Å². The van der Waals surface area contributed by atoms with Crippen LogP contribution in [0.4, 0.5) is 10.2 Å². The summed E-state index contributed by atoms with van der Waals surface area (Å²) in [6.07, 6.45) is 0. The maximum absolute atomic E-state index is 13.4. The molecule has 0 spiro atoms. The van der Waals surface area contributed by atoms with Gasteiger partial charge in [0.1, 0.15) is 17.4 Å². The minimum absolute atomic E-state index is 0.231. The molecule has 2 aromatic carbocycles. The van der Waals surface area contributed by atoms with E-state index in [4.69, 9.17) is 4.74 Å². The number of hydrogen-bond donors (Lipinski definition) is 1. The Kier molecular flexibility index (Phi) is 5.58. The van der Waals surface area contributed by atoms with E-state index in [1.54, 1.807) is 16.8 Å². The van der Waals surface area contributed by atoms with Crippen LogP contribution in [0.5, 0.6) is 5.75 Å². The molecule has 30 heavy (non-hydrogen) atoms. The predicted octanol–water partition coefficient (Wildman–Crippen LogP) is 5.09. The number of carbonyl (C=O) groups excluding carboxylic acids is 1. The second-order valence-electron chi connectivity index (χ2n) is 6.52. The number of nitrogens with zero attached hydrogens (tertiary/aromatic N) is 3. The summed E-state index contributed by atoms with van der Waals surface area (Å²) in [4.78, 5) is 17.2. The summed E-state index contributed by atoms with van der Waals surface area (Å²) in [5.41, 5.74) is 2.71. The highest BCUT2D eigenvalue weighted by Gasteiger charge is 2.16. The lowest BCUT2D eigenvalue weighted by Crippen LogP contribution is -2.15. The van der Waals surface area contributed by atoms with Crippen molar-refractivity contribution in [1.82, 2.24) is 14.8 Å². The molecule has 1 N–H and O–H groups in total. The van der Waals surface area contributed by atoms with E-state index >= 15 is 0 Å². The molecule has 0 bridgehead atoms. The third-order valence-electron chi connectivity index (χ3n) is 4.29. The van der Waals surface area contributed by atoms with Gasteiger partial charge >= 0.3 is 0 Å². The van der Waals surface area contributed by atoms with Crippen molar-refractivity contribution in [3.63, 3.8) is 0 Å². The Hall–Kier alpha value is -3.52. The lowest BCUT2D eigenvalue weighted by molar-refractivity contribution is 0.102. The van der Waals surface area contributed by atoms with E-state index in [2.05, 4.69) is 15.4 Å². The van der Waals surface area contributed by atoms with Crippen molar-refractivity contribution in [2.45, 2.75) is 13.8 Å². The van der Waals surface area contributed by atoms with Gasteiger partial charge in [0.15, 0.2) is 0 Å². The van der Waals surface area contributed by atoms with Crippen LogP contribution in [0, 0.1) is 12.7 Å². The zero-order valence-electron chi connectivity index (χ0n) is 16.4. The van der Waals surface area contributed by atoms with Gasteiger partial charge in [-0.05, 0) is 56.3 Å². The molecule has 0 saturated heterocycles. The van der Waals surface area contributed by atoms with E-state index in [1.165, 1.54) is 29.5 Å². The number of halogens is 1. The fourth-order valence-electron chi connectivity index (χ4n) is 2.94. The van der Waals surface area contributed by atoms with Crippen LogP contribution in [-0.4, -0.2) is 27.3 Å². The van der Waals surface area contributed by atoms with E-state index in [-0.39, 0.29) is 5.56 Å². The van der Waals surface area contributed by atoms with Crippen molar-refractivity contribution in [1.29, 1.82) is 0 Å². The summed E-state index contributed by atoms with van der Waals surface area (Å²) in [6.45, 7) is 4.38. The van der Waals surface area contributed by atoms with E-state index in [0.717, 1.165) is 22.7 Å². The average Bonchev–Trinajstić information content (AvgIpc) is 3.35. The zero-order chi connectivity index (χ0) is 21.1. The molecule has 6 nitrogen and oxygen atoms in total. The predicted molar refractivity (Wildman–Crippen MR) is 115 cm³/mol. The number of amides is 1. The molecule has 0 unspecified atom stereocenters. The van der Waals surface area contributed by atoms with Gasteiger partial charge in [-0.2, -0.15) is 9.78 Å². The first-order chi connectivity index (χ1) is 14.5. The van der Waals surface area contributed by atoms with E-state index in [1.807, 2.05) is 43.5 Å². The van der Waals surface area contributed by atoms with Gasteiger partial charge in [0, 0.05) is 22.6 Å². The molecule has 0 fully saturated rings. The zero-order valence-corrected chi connectivity index (χ0v) is 17.2. The maximum Gasteiger partial charge on any atom is 0.256 e. The van der Waals surface area contributed by atoms with Gasteiger partial charge in [-0.25, -0.2) is 9.37 Å². The van der Waals surface area contributed by atoms with Crippen LogP contribution in [0.3, 0.4) is 0 Å². The Morgan fingerprint density at radius 3 is 2.73 bits per heavy atom. The first-order valence-electron chi connectivity index (χ1n) is 9.36. The van der Waals surface area contributed by atoms with Crippen LogP contribution in [0.2, 0.25) is 0 Å². The Bertz CT molecular complexity index is 1180. The topological polar surface area (TPSA) is 69.0 Å². The van der Waals surface area contributed by atoms with Crippen LogP contribution >= 0.6 is 11.3 Å². The van der Waals surface area contributed by atoms with Gasteiger partial charge in [-0.1, -0.05) is 6.07 Å². The fourth-order valence-corrected chi connectivity index (χ4v) is 3.73. The van der Waals surface area contributed by atoms with Crippen LogP contribution in [0.1, 0.15) is 23.0 Å². The summed E-state index contributed by atoms with van der Waals surface area (Å²) in [7, 11) is 0. The number of rotatable bonds is 6. The number of aromatic nitrogens is 3. The molecule has 2 heterocycles. The Morgan fingerprint density at radius 2 is 2.00 bits per heavy atom. The van der Waals surface area contributed by atoms with Gasteiger partial charge in [0.2, 0.25) is 5.13 Å². The molecule has 4 aromatic rings. The Morgan fingerprint density at radius 1 is 1.20 bits per heavy atom. The third-order valence-corrected chi connectivity index (χ3v) is 5.11. The highest BCUT2D eigenvalue weighted by Crippen LogP contribution is 2.28. The SMILES string of the molecule is CCOc1ccc(-c2csc(-n3nc(C)cc3NC(=O)c3cccc(F)c3)n2)cc1. The number of thiazole rings is 1. The molecule has 0 radical (unpaired) electrons. The largest absolute Gasteiger partial charge is 0.494 e. The number of ether oxygens (including phenoxy) is 1. The number of anilines is 1. The summed E-state index contributed by atoms with van der Waals surface area (Å²) in [5, 5.41) is 9.78. The maximum atomic E-state index is 13.4. The smallest absolute Gasteiger partial charge is 0.256 e. The summed E-state index contributed by atoms with van der Waals surface area (Å²) >= 11 is 1.41. The molecule has 4 rings (SSSR count). The standard InChI is InChI=1S/C22H19FN4O2S/c1-3-29-18-9-7-15(8-10-18)19-13-30-22(24-19)27-20(11-14(2)26-27)25-21(28)16-5-4-6-17(23)12-16/h4-13H,3H2,1-2H3,(H,25,28). The van der Waals surface area contributed by atoms with Gasteiger partial charge in [0.25, 0.3) is 5.91 Å². The van der Waals surface area contributed by atoms with E-state index < -0.39 is 11.7 Å². The number of hydrogen-bond acceptors (Lipinski definition) is 5. The van der Waals surface area contributed by atoms with Crippen molar-refractivity contribution in [2.75, 3.05) is 11.9 Å². The molecule has 0 saturated carbocycles. The van der Waals surface area contributed by atoms with Gasteiger partial charge < -0.3 is 10.1 Å². The van der Waals surface area contributed by atoms with E-state index in [0.29, 0.717) is 17.6 Å². The molecular formula is C22H19FN4O2S. The lowest BCUT2D eigenvalue weighted by atomic mass is 10.2. The van der Waals surface area contributed by atoms with Crippen molar-refractivity contribution < 1.29 is 13.9 Å². The molecular weight excluding hydrogens is 403 g/mol. The van der Waals surface area contributed by atoms with Crippen LogP contribution in [0.25, 0.3) is 16.4 Å². The summed E-state index contributed by atoms with van der Waals surface area (Å²) in [6, 6.07) is 15.0. The normalized spacial score (nSPS) is 10.8. The second kappa shape index (κ2) is 8.46. The molecule has 1 amide bonds. The van der Waals surface area contributed by atoms with Gasteiger partial charge in [-0.15, -0.1) is 11.3 Å². The van der Waals surface area contributed by atoms with Crippen LogP contribution < -0.4 is 10.1 Å². The molecule has 152 valence electrons. The highest BCUT2D eigenvalue weighted by molar-refractivity contribution is 7.12. The monoisotopic (exact) mass is 422 g/mol. The second-order valence-corrected chi connectivity index (χ2v) is 7.36. The number of benzene rings is 2. The molecule has 2 aromatic heterocycles. The molecule has 0 aliphatic rings. The molecule has 0 atom stereocenters. The number of aryl methyl sites for hydroxylation is 1. The Balaban J connectivity index is 1.59. The first-order valence-corrected chi connectivity index (χ1v) is 10.2.